The highest BCUT2D eigenvalue weighted by Crippen LogP contribution is 2.30. The monoisotopic (exact) mass is 391 g/mol. The molecule has 0 saturated carbocycles. The maximum absolute atomic E-state index is 13.5. The zero-order valence-electron chi connectivity index (χ0n) is 16.8. The maximum atomic E-state index is 13.5. The molecule has 2 heterocycles. The Morgan fingerprint density at radius 3 is 2.90 bits per heavy atom. The number of nitrogens with zero attached hydrogens (tertiary/aromatic N) is 3. The Morgan fingerprint density at radius 1 is 1.21 bits per heavy atom. The Balaban J connectivity index is 1.60. The molecule has 4 rings (SSSR count). The minimum atomic E-state index is -0.0903. The van der Waals surface area contributed by atoms with Gasteiger partial charge in [-0.05, 0) is 43.5 Å². The molecule has 0 bridgehead atoms. The number of rotatable bonds is 5. The molecule has 0 aliphatic carbocycles. The lowest BCUT2D eigenvalue weighted by Crippen LogP contribution is -2.44. The SMILES string of the molecule is CCOc1ccc2ccccc2c1C(=O)N1CCCC(Oc2ccnc(C)n2)C1. The van der Waals surface area contributed by atoms with Crippen LogP contribution in [0.25, 0.3) is 10.8 Å². The van der Waals surface area contributed by atoms with E-state index in [4.69, 9.17) is 9.47 Å². The summed E-state index contributed by atoms with van der Waals surface area (Å²) in [5, 5.41) is 1.94. The molecule has 1 saturated heterocycles. The number of amides is 1. The van der Waals surface area contributed by atoms with E-state index < -0.39 is 0 Å². The number of ether oxygens (including phenoxy) is 2. The highest BCUT2D eigenvalue weighted by Gasteiger charge is 2.28. The molecular weight excluding hydrogens is 366 g/mol. The number of carbonyl (C=O) groups is 1. The number of hydrogen-bond acceptors (Lipinski definition) is 5. The minimum absolute atomic E-state index is 0.0163. The van der Waals surface area contributed by atoms with Crippen LogP contribution in [-0.2, 0) is 0 Å². The second kappa shape index (κ2) is 8.47. The van der Waals surface area contributed by atoms with Crippen LogP contribution in [0.4, 0.5) is 0 Å². The molecule has 1 atom stereocenters. The number of hydrogen-bond donors (Lipinski definition) is 0. The summed E-state index contributed by atoms with van der Waals surface area (Å²) in [4.78, 5) is 23.8. The van der Waals surface area contributed by atoms with Crippen molar-refractivity contribution in [1.29, 1.82) is 0 Å². The molecule has 0 spiro atoms. The summed E-state index contributed by atoms with van der Waals surface area (Å²) in [5.74, 6) is 1.84. The summed E-state index contributed by atoms with van der Waals surface area (Å²) >= 11 is 0. The average molecular weight is 391 g/mol. The molecule has 0 N–H and O–H groups in total. The van der Waals surface area contributed by atoms with Crippen LogP contribution in [0.2, 0.25) is 0 Å². The Bertz CT molecular complexity index is 1020. The van der Waals surface area contributed by atoms with Crippen LogP contribution in [0.15, 0.2) is 48.7 Å². The van der Waals surface area contributed by atoms with E-state index in [-0.39, 0.29) is 12.0 Å². The van der Waals surface area contributed by atoms with Gasteiger partial charge in [0, 0.05) is 18.8 Å². The number of aromatic nitrogens is 2. The van der Waals surface area contributed by atoms with Crippen molar-refractivity contribution in [3.05, 3.63) is 60.0 Å². The van der Waals surface area contributed by atoms with Gasteiger partial charge in [0.05, 0.1) is 18.7 Å². The van der Waals surface area contributed by atoms with E-state index in [1.807, 2.05) is 55.1 Å². The summed E-state index contributed by atoms with van der Waals surface area (Å²) in [6.07, 6.45) is 3.37. The van der Waals surface area contributed by atoms with E-state index in [9.17, 15) is 4.79 Å². The van der Waals surface area contributed by atoms with Crippen LogP contribution in [0, 0.1) is 6.92 Å². The summed E-state index contributed by atoms with van der Waals surface area (Å²) in [5.41, 5.74) is 0.628. The van der Waals surface area contributed by atoms with E-state index in [0.29, 0.717) is 42.7 Å². The molecule has 1 fully saturated rings. The highest BCUT2D eigenvalue weighted by atomic mass is 16.5. The number of piperidine rings is 1. The van der Waals surface area contributed by atoms with Crippen LogP contribution in [0.3, 0.4) is 0 Å². The molecule has 2 aromatic carbocycles. The fraction of sp³-hybridized carbons (Fsp3) is 0.348. The molecule has 6 heteroatoms. The second-order valence-corrected chi connectivity index (χ2v) is 7.17. The Morgan fingerprint density at radius 2 is 2.07 bits per heavy atom. The molecule has 1 aliphatic heterocycles. The predicted molar refractivity (Wildman–Crippen MR) is 111 cm³/mol. The van der Waals surface area contributed by atoms with Gasteiger partial charge in [0.1, 0.15) is 17.7 Å². The van der Waals surface area contributed by atoms with Gasteiger partial charge in [0.2, 0.25) is 5.88 Å². The standard InChI is InChI=1S/C23H25N3O3/c1-3-28-20-11-10-17-7-4-5-9-19(17)22(20)23(27)26-14-6-8-18(15-26)29-21-12-13-24-16(2)25-21/h4-5,7,9-13,18H,3,6,8,14-15H2,1-2H3. The van der Waals surface area contributed by atoms with E-state index in [1.165, 1.54) is 0 Å². The summed E-state index contributed by atoms with van der Waals surface area (Å²) in [6, 6.07) is 13.6. The Kier molecular flexibility index (Phi) is 5.60. The molecule has 29 heavy (non-hydrogen) atoms. The van der Waals surface area contributed by atoms with Crippen LogP contribution in [0.1, 0.15) is 35.9 Å². The van der Waals surface area contributed by atoms with Crippen molar-refractivity contribution in [3.8, 4) is 11.6 Å². The van der Waals surface area contributed by atoms with Crippen molar-refractivity contribution < 1.29 is 14.3 Å². The van der Waals surface area contributed by atoms with Gasteiger partial charge in [-0.2, -0.15) is 4.98 Å². The van der Waals surface area contributed by atoms with E-state index >= 15 is 0 Å². The highest BCUT2D eigenvalue weighted by molar-refractivity contribution is 6.09. The van der Waals surface area contributed by atoms with Crippen molar-refractivity contribution in [3.63, 3.8) is 0 Å². The number of fused-ring (bicyclic) bond motifs is 1. The molecule has 6 nitrogen and oxygen atoms in total. The number of carbonyl (C=O) groups excluding carboxylic acids is 1. The average Bonchev–Trinajstić information content (AvgIpc) is 2.73. The van der Waals surface area contributed by atoms with Crippen molar-refractivity contribution >= 4 is 16.7 Å². The van der Waals surface area contributed by atoms with Crippen molar-refractivity contribution in [2.75, 3.05) is 19.7 Å². The zero-order valence-corrected chi connectivity index (χ0v) is 16.8. The minimum Gasteiger partial charge on any atom is -0.493 e. The zero-order chi connectivity index (χ0) is 20.2. The molecule has 1 aliphatic rings. The molecule has 1 amide bonds. The van der Waals surface area contributed by atoms with Gasteiger partial charge in [-0.15, -0.1) is 0 Å². The molecule has 3 aromatic rings. The molecule has 1 unspecified atom stereocenters. The van der Waals surface area contributed by atoms with Gasteiger partial charge in [-0.25, -0.2) is 4.98 Å². The summed E-state index contributed by atoms with van der Waals surface area (Å²) < 4.78 is 11.8. The van der Waals surface area contributed by atoms with Gasteiger partial charge in [0.15, 0.2) is 0 Å². The van der Waals surface area contributed by atoms with Crippen LogP contribution in [0.5, 0.6) is 11.6 Å². The number of aryl methyl sites for hydroxylation is 1. The van der Waals surface area contributed by atoms with Crippen LogP contribution in [-0.4, -0.2) is 46.6 Å². The third kappa shape index (κ3) is 4.16. The quantitative estimate of drug-likeness (QED) is 0.657. The third-order valence-corrected chi connectivity index (χ3v) is 5.11. The van der Waals surface area contributed by atoms with Gasteiger partial charge in [-0.1, -0.05) is 30.3 Å². The summed E-state index contributed by atoms with van der Waals surface area (Å²) in [6.45, 7) is 5.50. The van der Waals surface area contributed by atoms with Gasteiger partial charge < -0.3 is 14.4 Å². The lowest BCUT2D eigenvalue weighted by Gasteiger charge is -2.33. The molecule has 150 valence electrons. The molecular formula is C23H25N3O3. The lowest BCUT2D eigenvalue weighted by molar-refractivity contribution is 0.0525. The second-order valence-electron chi connectivity index (χ2n) is 7.17. The van der Waals surface area contributed by atoms with Crippen molar-refractivity contribution in [1.82, 2.24) is 14.9 Å². The Labute approximate surface area is 170 Å². The predicted octanol–water partition coefficient (Wildman–Crippen LogP) is 4.02. The third-order valence-electron chi connectivity index (χ3n) is 5.11. The fourth-order valence-corrected chi connectivity index (χ4v) is 3.80. The van der Waals surface area contributed by atoms with Gasteiger partial charge in [-0.3, -0.25) is 4.79 Å². The fourth-order valence-electron chi connectivity index (χ4n) is 3.80. The van der Waals surface area contributed by atoms with Crippen LogP contribution < -0.4 is 9.47 Å². The first-order valence-corrected chi connectivity index (χ1v) is 10.1. The first kappa shape index (κ1) is 19.2. The van der Waals surface area contributed by atoms with Gasteiger partial charge >= 0.3 is 0 Å². The topological polar surface area (TPSA) is 64.5 Å². The van der Waals surface area contributed by atoms with Crippen molar-refractivity contribution in [2.24, 2.45) is 0 Å². The maximum Gasteiger partial charge on any atom is 0.258 e. The smallest absolute Gasteiger partial charge is 0.258 e. The first-order valence-electron chi connectivity index (χ1n) is 10.1. The number of likely N-dealkylation sites (tertiary alicyclic amines) is 1. The molecule has 1 aromatic heterocycles. The first-order chi connectivity index (χ1) is 14.2. The molecule has 0 radical (unpaired) electrons. The van der Waals surface area contributed by atoms with Gasteiger partial charge in [0.25, 0.3) is 5.91 Å². The van der Waals surface area contributed by atoms with E-state index in [1.54, 1.807) is 12.3 Å². The van der Waals surface area contributed by atoms with E-state index in [0.717, 1.165) is 23.6 Å². The van der Waals surface area contributed by atoms with E-state index in [2.05, 4.69) is 9.97 Å². The van der Waals surface area contributed by atoms with Crippen LogP contribution >= 0.6 is 0 Å². The largest absolute Gasteiger partial charge is 0.493 e. The summed E-state index contributed by atoms with van der Waals surface area (Å²) in [7, 11) is 0. The lowest BCUT2D eigenvalue weighted by atomic mass is 10.0. The van der Waals surface area contributed by atoms with Crippen molar-refractivity contribution in [2.45, 2.75) is 32.8 Å². The number of benzene rings is 2. The normalized spacial score (nSPS) is 16.6. The Hall–Kier alpha value is -3.15.